The zero-order valence-corrected chi connectivity index (χ0v) is 15.1. The van der Waals surface area contributed by atoms with E-state index in [9.17, 15) is 18.0 Å². The normalized spacial score (nSPS) is 11.2. The summed E-state index contributed by atoms with van der Waals surface area (Å²) in [6.07, 6.45) is 1.03. The van der Waals surface area contributed by atoms with Gasteiger partial charge in [0.1, 0.15) is 5.82 Å². The molecular weight excluding hydrogens is 383 g/mol. The molecule has 1 amide bonds. The molecule has 0 radical (unpaired) electrons. The van der Waals surface area contributed by atoms with Crippen LogP contribution in [0.3, 0.4) is 0 Å². The third kappa shape index (κ3) is 3.97. The molecule has 0 aliphatic heterocycles. The lowest BCUT2D eigenvalue weighted by Gasteiger charge is -2.08. The molecule has 27 heavy (non-hydrogen) atoms. The van der Waals surface area contributed by atoms with Crippen molar-refractivity contribution in [2.75, 3.05) is 5.32 Å². The Bertz CT molecular complexity index is 999. The molecule has 6 nitrogen and oxygen atoms in total. The van der Waals surface area contributed by atoms with E-state index in [1.54, 1.807) is 24.6 Å². The highest BCUT2D eigenvalue weighted by Gasteiger charge is 2.18. The summed E-state index contributed by atoms with van der Waals surface area (Å²) in [5.74, 6) is -1.06. The maximum Gasteiger partial charge on any atom is 0.333 e. The lowest BCUT2D eigenvalue weighted by Crippen LogP contribution is -2.15. The summed E-state index contributed by atoms with van der Waals surface area (Å²) in [5.41, 5.74) is 2.15. The average Bonchev–Trinajstić information content (AvgIpc) is 3.19. The predicted octanol–water partition coefficient (Wildman–Crippen LogP) is 4.18. The zero-order valence-electron chi connectivity index (χ0n) is 14.4. The van der Waals surface area contributed by atoms with Gasteiger partial charge in [-0.15, -0.1) is 0 Å². The van der Waals surface area contributed by atoms with Crippen molar-refractivity contribution in [2.24, 2.45) is 0 Å². The standard InChI is InChI=1S/C17H15ClF3N5O/c1-9-15(22-16(27)14-5-6-25(24-14)17(20)21)10(2)26(23-9)8-11-3-4-12(19)7-13(11)18/h3-7,17H,8H2,1-2H3,(H,22,27). The van der Waals surface area contributed by atoms with Crippen molar-refractivity contribution in [2.45, 2.75) is 26.9 Å². The van der Waals surface area contributed by atoms with Crippen LogP contribution in [0, 0.1) is 19.7 Å². The van der Waals surface area contributed by atoms with Crippen molar-refractivity contribution >= 4 is 23.2 Å². The van der Waals surface area contributed by atoms with Gasteiger partial charge in [0, 0.05) is 11.2 Å². The first-order chi connectivity index (χ1) is 12.8. The first kappa shape index (κ1) is 19.0. The molecule has 0 fully saturated rings. The minimum atomic E-state index is -2.82. The number of aromatic nitrogens is 4. The maximum atomic E-state index is 13.2. The number of rotatable bonds is 5. The van der Waals surface area contributed by atoms with Crippen LogP contribution in [-0.2, 0) is 6.54 Å². The van der Waals surface area contributed by atoms with Gasteiger partial charge in [-0.25, -0.2) is 9.07 Å². The summed E-state index contributed by atoms with van der Waals surface area (Å²) in [7, 11) is 0. The average molecular weight is 398 g/mol. The molecule has 0 atom stereocenters. The van der Waals surface area contributed by atoms with Crippen LogP contribution in [-0.4, -0.2) is 25.5 Å². The molecular formula is C17H15ClF3N5O. The van der Waals surface area contributed by atoms with E-state index in [2.05, 4.69) is 15.5 Å². The second-order valence-electron chi connectivity index (χ2n) is 5.85. The fraction of sp³-hybridized carbons (Fsp3) is 0.235. The number of benzene rings is 1. The molecule has 0 saturated carbocycles. The molecule has 10 heteroatoms. The molecule has 0 bridgehead atoms. The van der Waals surface area contributed by atoms with Gasteiger partial charge >= 0.3 is 6.55 Å². The van der Waals surface area contributed by atoms with E-state index >= 15 is 0 Å². The van der Waals surface area contributed by atoms with Gasteiger partial charge < -0.3 is 5.32 Å². The fourth-order valence-electron chi connectivity index (χ4n) is 2.59. The maximum absolute atomic E-state index is 13.2. The topological polar surface area (TPSA) is 64.7 Å². The van der Waals surface area contributed by atoms with E-state index in [1.807, 2.05) is 0 Å². The molecule has 1 N–H and O–H groups in total. The van der Waals surface area contributed by atoms with E-state index in [-0.39, 0.29) is 17.3 Å². The molecule has 0 unspecified atom stereocenters. The van der Waals surface area contributed by atoms with Crippen LogP contribution in [0.5, 0.6) is 0 Å². The molecule has 0 spiro atoms. The summed E-state index contributed by atoms with van der Waals surface area (Å²) >= 11 is 6.05. The Hall–Kier alpha value is -2.81. The largest absolute Gasteiger partial charge is 0.333 e. The molecule has 3 aromatic rings. The van der Waals surface area contributed by atoms with E-state index < -0.39 is 18.3 Å². The van der Waals surface area contributed by atoms with Crippen molar-refractivity contribution in [3.63, 3.8) is 0 Å². The van der Waals surface area contributed by atoms with Crippen LogP contribution >= 0.6 is 11.6 Å². The van der Waals surface area contributed by atoms with Gasteiger partial charge in [-0.3, -0.25) is 9.48 Å². The number of hydrogen-bond donors (Lipinski definition) is 1. The summed E-state index contributed by atoms with van der Waals surface area (Å²) < 4.78 is 40.4. The molecule has 2 heterocycles. The molecule has 0 aliphatic rings. The van der Waals surface area contributed by atoms with Crippen molar-refractivity contribution in [1.29, 1.82) is 0 Å². The minimum Gasteiger partial charge on any atom is -0.317 e. The number of carbonyl (C=O) groups is 1. The summed E-state index contributed by atoms with van der Waals surface area (Å²) in [5, 5.41) is 10.8. The van der Waals surface area contributed by atoms with Gasteiger partial charge in [0.15, 0.2) is 5.69 Å². The van der Waals surface area contributed by atoms with E-state index in [1.165, 1.54) is 18.2 Å². The molecule has 3 rings (SSSR count). The first-order valence-electron chi connectivity index (χ1n) is 7.89. The highest BCUT2D eigenvalue weighted by Crippen LogP contribution is 2.24. The van der Waals surface area contributed by atoms with E-state index in [0.29, 0.717) is 27.3 Å². The summed E-state index contributed by atoms with van der Waals surface area (Å²) in [6.45, 7) is 0.897. The number of aryl methyl sites for hydroxylation is 1. The lowest BCUT2D eigenvalue weighted by molar-refractivity contribution is 0.0561. The molecule has 2 aromatic heterocycles. The van der Waals surface area contributed by atoms with Crippen molar-refractivity contribution in [1.82, 2.24) is 19.6 Å². The smallest absolute Gasteiger partial charge is 0.317 e. The number of nitrogens with zero attached hydrogens (tertiary/aromatic N) is 4. The number of anilines is 1. The minimum absolute atomic E-state index is 0.136. The van der Waals surface area contributed by atoms with Gasteiger partial charge in [0.2, 0.25) is 0 Å². The van der Waals surface area contributed by atoms with Crippen LogP contribution in [0.15, 0.2) is 30.5 Å². The number of carbonyl (C=O) groups excluding carboxylic acids is 1. The number of halogens is 4. The van der Waals surface area contributed by atoms with Gasteiger partial charge in [0.05, 0.1) is 23.6 Å². The van der Waals surface area contributed by atoms with E-state index in [0.717, 1.165) is 6.20 Å². The monoisotopic (exact) mass is 397 g/mol. The Kier molecular flexibility index (Phi) is 5.22. The van der Waals surface area contributed by atoms with Crippen LogP contribution in [0.25, 0.3) is 0 Å². The Balaban J connectivity index is 1.81. The van der Waals surface area contributed by atoms with Crippen LogP contribution < -0.4 is 5.32 Å². The molecule has 0 saturated heterocycles. The third-order valence-electron chi connectivity index (χ3n) is 4.00. The van der Waals surface area contributed by atoms with Crippen molar-refractivity contribution in [3.05, 3.63) is 63.9 Å². The Morgan fingerprint density at radius 1 is 1.26 bits per heavy atom. The first-order valence-corrected chi connectivity index (χ1v) is 8.26. The summed E-state index contributed by atoms with van der Waals surface area (Å²) in [4.78, 5) is 12.3. The Morgan fingerprint density at radius 2 is 2.00 bits per heavy atom. The molecule has 1 aromatic carbocycles. The predicted molar refractivity (Wildman–Crippen MR) is 93.6 cm³/mol. The molecule has 142 valence electrons. The van der Waals surface area contributed by atoms with Crippen LogP contribution in [0.1, 0.15) is 34.0 Å². The Labute approximate surface area is 157 Å². The lowest BCUT2D eigenvalue weighted by atomic mass is 10.2. The van der Waals surface area contributed by atoms with Crippen molar-refractivity contribution in [3.8, 4) is 0 Å². The SMILES string of the molecule is Cc1nn(Cc2ccc(F)cc2Cl)c(C)c1NC(=O)c1ccn(C(F)F)n1. The number of hydrogen-bond acceptors (Lipinski definition) is 3. The summed E-state index contributed by atoms with van der Waals surface area (Å²) in [6, 6.07) is 5.28. The van der Waals surface area contributed by atoms with Gasteiger partial charge in [-0.05, 0) is 37.6 Å². The van der Waals surface area contributed by atoms with Gasteiger partial charge in [-0.2, -0.15) is 19.0 Å². The second-order valence-corrected chi connectivity index (χ2v) is 6.26. The number of amides is 1. The quantitative estimate of drug-likeness (QED) is 0.702. The molecule has 0 aliphatic carbocycles. The zero-order chi connectivity index (χ0) is 19.7. The van der Waals surface area contributed by atoms with Crippen molar-refractivity contribution < 1.29 is 18.0 Å². The highest BCUT2D eigenvalue weighted by molar-refractivity contribution is 6.31. The highest BCUT2D eigenvalue weighted by atomic mass is 35.5. The number of nitrogens with one attached hydrogen (secondary N) is 1. The van der Waals surface area contributed by atoms with Gasteiger partial charge in [0.25, 0.3) is 5.91 Å². The fourth-order valence-corrected chi connectivity index (χ4v) is 2.82. The van der Waals surface area contributed by atoms with E-state index in [4.69, 9.17) is 11.6 Å². The third-order valence-corrected chi connectivity index (χ3v) is 4.35. The second kappa shape index (κ2) is 7.43. The van der Waals surface area contributed by atoms with Gasteiger partial charge in [-0.1, -0.05) is 17.7 Å². The Morgan fingerprint density at radius 3 is 2.63 bits per heavy atom. The number of alkyl halides is 2. The van der Waals surface area contributed by atoms with Crippen LogP contribution in [0.2, 0.25) is 5.02 Å². The van der Waals surface area contributed by atoms with Crippen LogP contribution in [0.4, 0.5) is 18.9 Å².